The average Bonchev–Trinajstić information content (AvgIpc) is 3.28. The molecule has 3 nitrogen and oxygen atoms in total. The summed E-state index contributed by atoms with van der Waals surface area (Å²) in [6.07, 6.45) is 2.66. The van der Waals surface area contributed by atoms with Crippen LogP contribution in [0.2, 0.25) is 0 Å². The summed E-state index contributed by atoms with van der Waals surface area (Å²) in [7, 11) is 2.05. The SMILES string of the molecule is CC(CN(C)CCOCC1CC1)C(=O)c1ccccc1. The van der Waals surface area contributed by atoms with Crippen LogP contribution in [0.1, 0.15) is 30.1 Å². The van der Waals surface area contributed by atoms with E-state index in [-0.39, 0.29) is 11.7 Å². The number of rotatable bonds is 9. The fourth-order valence-electron chi connectivity index (χ4n) is 2.28. The number of ketones is 1. The molecule has 0 radical (unpaired) electrons. The van der Waals surface area contributed by atoms with Gasteiger partial charge in [0.1, 0.15) is 0 Å². The molecule has 1 atom stereocenters. The van der Waals surface area contributed by atoms with Crippen LogP contribution in [0.3, 0.4) is 0 Å². The van der Waals surface area contributed by atoms with Gasteiger partial charge in [0.25, 0.3) is 0 Å². The molecular formula is C17H25NO2. The van der Waals surface area contributed by atoms with Crippen LogP contribution in [0.4, 0.5) is 0 Å². The number of hydrogen-bond donors (Lipinski definition) is 0. The smallest absolute Gasteiger partial charge is 0.166 e. The zero-order valence-corrected chi connectivity index (χ0v) is 12.5. The monoisotopic (exact) mass is 275 g/mol. The molecule has 0 aliphatic heterocycles. The molecule has 0 bridgehead atoms. The summed E-state index contributed by atoms with van der Waals surface area (Å²) in [5.41, 5.74) is 0.804. The predicted octanol–water partition coefficient (Wildman–Crippen LogP) is 2.86. The molecule has 0 spiro atoms. The van der Waals surface area contributed by atoms with Crippen molar-refractivity contribution >= 4 is 5.78 Å². The van der Waals surface area contributed by atoms with Crippen molar-refractivity contribution in [2.75, 3.05) is 33.4 Å². The van der Waals surface area contributed by atoms with Crippen molar-refractivity contribution in [1.29, 1.82) is 0 Å². The fourth-order valence-corrected chi connectivity index (χ4v) is 2.28. The van der Waals surface area contributed by atoms with E-state index in [4.69, 9.17) is 4.74 Å². The standard InChI is InChI=1S/C17H25NO2/c1-14(17(19)16-6-4-3-5-7-16)12-18(2)10-11-20-13-15-8-9-15/h3-7,14-15H,8-13H2,1-2H3. The van der Waals surface area contributed by atoms with Gasteiger partial charge in [-0.05, 0) is 25.8 Å². The molecule has 0 saturated heterocycles. The Morgan fingerprint density at radius 1 is 1.35 bits per heavy atom. The Bertz CT molecular complexity index is 414. The third-order valence-electron chi connectivity index (χ3n) is 3.76. The summed E-state index contributed by atoms with van der Waals surface area (Å²) in [5, 5.41) is 0. The number of carbonyl (C=O) groups is 1. The highest BCUT2D eigenvalue weighted by atomic mass is 16.5. The number of nitrogens with zero attached hydrogens (tertiary/aromatic N) is 1. The number of carbonyl (C=O) groups excluding carboxylic acids is 1. The first-order valence-corrected chi connectivity index (χ1v) is 7.52. The minimum atomic E-state index is 0.0193. The maximum atomic E-state index is 12.2. The van der Waals surface area contributed by atoms with E-state index in [1.807, 2.05) is 37.3 Å². The van der Waals surface area contributed by atoms with E-state index in [1.54, 1.807) is 0 Å². The van der Waals surface area contributed by atoms with E-state index in [2.05, 4.69) is 11.9 Å². The molecule has 2 rings (SSSR count). The summed E-state index contributed by atoms with van der Waals surface area (Å²) >= 11 is 0. The molecule has 1 unspecified atom stereocenters. The van der Waals surface area contributed by atoms with Crippen molar-refractivity contribution < 1.29 is 9.53 Å². The van der Waals surface area contributed by atoms with Crippen LogP contribution in [-0.4, -0.2) is 44.0 Å². The molecule has 3 heteroatoms. The van der Waals surface area contributed by atoms with Gasteiger partial charge in [-0.15, -0.1) is 0 Å². The lowest BCUT2D eigenvalue weighted by molar-refractivity contribution is 0.0841. The van der Waals surface area contributed by atoms with Crippen LogP contribution >= 0.6 is 0 Å². The largest absolute Gasteiger partial charge is 0.380 e. The highest BCUT2D eigenvalue weighted by Gasteiger charge is 2.21. The average molecular weight is 275 g/mol. The van der Waals surface area contributed by atoms with Crippen LogP contribution in [0, 0.1) is 11.8 Å². The third kappa shape index (κ3) is 5.06. The molecule has 0 aromatic heterocycles. The Balaban J connectivity index is 1.66. The second-order valence-electron chi connectivity index (χ2n) is 5.91. The minimum Gasteiger partial charge on any atom is -0.380 e. The Hall–Kier alpha value is -1.19. The van der Waals surface area contributed by atoms with Gasteiger partial charge in [-0.2, -0.15) is 0 Å². The zero-order chi connectivity index (χ0) is 14.4. The van der Waals surface area contributed by atoms with Gasteiger partial charge in [-0.3, -0.25) is 4.79 Å². The van der Waals surface area contributed by atoms with E-state index >= 15 is 0 Å². The number of Topliss-reactive ketones (excluding diaryl/α,β-unsaturated/α-hetero) is 1. The molecule has 1 aromatic carbocycles. The number of ether oxygens (including phenoxy) is 1. The van der Waals surface area contributed by atoms with Crippen LogP contribution in [0.5, 0.6) is 0 Å². The minimum absolute atomic E-state index is 0.0193. The highest BCUT2D eigenvalue weighted by Crippen LogP contribution is 2.28. The Labute approximate surface area is 121 Å². The fraction of sp³-hybridized carbons (Fsp3) is 0.588. The van der Waals surface area contributed by atoms with Crippen molar-refractivity contribution in [3.05, 3.63) is 35.9 Å². The van der Waals surface area contributed by atoms with Crippen LogP contribution in [0.15, 0.2) is 30.3 Å². The van der Waals surface area contributed by atoms with Crippen molar-refractivity contribution in [2.45, 2.75) is 19.8 Å². The Kier molecular flexibility index (Phi) is 5.74. The van der Waals surface area contributed by atoms with Gasteiger partial charge >= 0.3 is 0 Å². The summed E-state index contributed by atoms with van der Waals surface area (Å²) in [6.45, 7) is 5.34. The summed E-state index contributed by atoms with van der Waals surface area (Å²) in [5.74, 6) is 1.06. The van der Waals surface area contributed by atoms with Crippen LogP contribution in [0.25, 0.3) is 0 Å². The molecule has 1 fully saturated rings. The van der Waals surface area contributed by atoms with Gasteiger partial charge in [0.05, 0.1) is 6.61 Å². The van der Waals surface area contributed by atoms with Crippen molar-refractivity contribution in [2.24, 2.45) is 11.8 Å². The first-order valence-electron chi connectivity index (χ1n) is 7.52. The van der Waals surface area contributed by atoms with Crippen molar-refractivity contribution in [1.82, 2.24) is 4.90 Å². The van der Waals surface area contributed by atoms with Gasteiger partial charge in [-0.25, -0.2) is 0 Å². The predicted molar refractivity (Wildman–Crippen MR) is 81.0 cm³/mol. The first-order chi connectivity index (χ1) is 9.66. The maximum absolute atomic E-state index is 12.2. The van der Waals surface area contributed by atoms with E-state index in [0.29, 0.717) is 0 Å². The molecule has 20 heavy (non-hydrogen) atoms. The molecule has 0 amide bonds. The summed E-state index contributed by atoms with van der Waals surface area (Å²) in [6, 6.07) is 9.53. The highest BCUT2D eigenvalue weighted by molar-refractivity contribution is 5.97. The second kappa shape index (κ2) is 7.55. The van der Waals surface area contributed by atoms with Gasteiger partial charge in [0.15, 0.2) is 5.78 Å². The summed E-state index contributed by atoms with van der Waals surface area (Å²) < 4.78 is 5.63. The third-order valence-corrected chi connectivity index (χ3v) is 3.76. The molecule has 1 aromatic rings. The first kappa shape index (κ1) is 15.2. The van der Waals surface area contributed by atoms with Gasteiger partial charge in [0.2, 0.25) is 0 Å². The molecule has 0 N–H and O–H groups in total. The van der Waals surface area contributed by atoms with Crippen molar-refractivity contribution in [3.8, 4) is 0 Å². The van der Waals surface area contributed by atoms with Gasteiger partial charge < -0.3 is 9.64 Å². The lowest BCUT2D eigenvalue weighted by Crippen LogP contribution is -2.31. The molecule has 110 valence electrons. The van der Waals surface area contributed by atoms with E-state index < -0.39 is 0 Å². The number of likely N-dealkylation sites (N-methyl/N-ethyl adjacent to an activating group) is 1. The molecule has 1 aliphatic carbocycles. The topological polar surface area (TPSA) is 29.5 Å². The van der Waals surface area contributed by atoms with E-state index in [0.717, 1.165) is 37.8 Å². The number of benzene rings is 1. The molecule has 0 heterocycles. The van der Waals surface area contributed by atoms with Crippen molar-refractivity contribution in [3.63, 3.8) is 0 Å². The molecular weight excluding hydrogens is 250 g/mol. The number of hydrogen-bond acceptors (Lipinski definition) is 3. The Morgan fingerprint density at radius 3 is 2.70 bits per heavy atom. The lowest BCUT2D eigenvalue weighted by Gasteiger charge is -2.20. The van der Waals surface area contributed by atoms with Crippen LogP contribution in [-0.2, 0) is 4.74 Å². The second-order valence-corrected chi connectivity index (χ2v) is 5.91. The van der Waals surface area contributed by atoms with Gasteiger partial charge in [0, 0.05) is 31.2 Å². The van der Waals surface area contributed by atoms with E-state index in [9.17, 15) is 4.79 Å². The van der Waals surface area contributed by atoms with Gasteiger partial charge in [-0.1, -0.05) is 37.3 Å². The lowest BCUT2D eigenvalue weighted by atomic mass is 9.99. The Morgan fingerprint density at radius 2 is 2.05 bits per heavy atom. The maximum Gasteiger partial charge on any atom is 0.166 e. The molecule has 1 saturated carbocycles. The normalized spacial score (nSPS) is 16.4. The van der Waals surface area contributed by atoms with E-state index in [1.165, 1.54) is 12.8 Å². The zero-order valence-electron chi connectivity index (χ0n) is 12.5. The molecule has 1 aliphatic rings. The quantitative estimate of drug-likeness (QED) is 0.513. The summed E-state index contributed by atoms with van der Waals surface area (Å²) in [4.78, 5) is 14.4. The van der Waals surface area contributed by atoms with Crippen LogP contribution < -0.4 is 0 Å².